The van der Waals surface area contributed by atoms with Crippen molar-refractivity contribution in [3.05, 3.63) is 48.5 Å². The van der Waals surface area contributed by atoms with Gasteiger partial charge in [-0.25, -0.2) is 4.79 Å². The van der Waals surface area contributed by atoms with E-state index in [1.807, 2.05) is 6.07 Å². The molecule has 0 unspecified atom stereocenters. The maximum atomic E-state index is 13.0. The molecule has 3 fully saturated rings. The fourth-order valence-corrected chi connectivity index (χ4v) is 8.29. The van der Waals surface area contributed by atoms with Crippen LogP contribution in [0.1, 0.15) is 59.1 Å². The summed E-state index contributed by atoms with van der Waals surface area (Å²) in [7, 11) is 0. The van der Waals surface area contributed by atoms with Gasteiger partial charge in [0, 0.05) is 21.8 Å². The number of furan rings is 1. The lowest BCUT2D eigenvalue weighted by Crippen LogP contribution is -2.66. The van der Waals surface area contributed by atoms with Crippen LogP contribution in [0.3, 0.4) is 0 Å². The zero-order valence-electron chi connectivity index (χ0n) is 18.8. The molecule has 0 amide bonds. The molecule has 1 spiro atoms. The second kappa shape index (κ2) is 5.43. The van der Waals surface area contributed by atoms with Gasteiger partial charge in [-0.15, -0.1) is 0 Å². The standard InChI is InChI=1S/C26H30O5/c1-22(2)16-6-11-24(4)17(23(16,3)10-8-18(22)27)7-12-25(5)19(15-9-13-29-14-15)30-21(28)20-26(24,25)31-20/h6,8-11,13-14,16-17,19-20H,7,12H2,1-5H3/t16-,17-,19+,20-,23+,24-,25-,26+/m0/s1. The Balaban J connectivity index is 1.52. The maximum Gasteiger partial charge on any atom is 0.339 e. The molecule has 0 aromatic carbocycles. The molecule has 164 valence electrons. The fraction of sp³-hybridized carbons (Fsp3) is 0.615. The van der Waals surface area contributed by atoms with E-state index in [2.05, 4.69) is 52.8 Å². The van der Waals surface area contributed by atoms with E-state index in [-0.39, 0.29) is 39.8 Å². The minimum atomic E-state index is -0.621. The molecule has 1 saturated carbocycles. The molecule has 0 bridgehead atoms. The number of epoxide rings is 1. The third-order valence-corrected chi connectivity index (χ3v) is 9.88. The summed E-state index contributed by atoms with van der Waals surface area (Å²) in [6.45, 7) is 10.9. The smallest absolute Gasteiger partial charge is 0.339 e. The number of carbonyl (C=O) groups is 2. The van der Waals surface area contributed by atoms with E-state index < -0.39 is 23.2 Å². The van der Waals surface area contributed by atoms with Crippen molar-refractivity contribution in [2.75, 3.05) is 0 Å². The molecule has 0 radical (unpaired) electrons. The summed E-state index contributed by atoms with van der Waals surface area (Å²) in [6.07, 6.45) is 12.7. The Bertz CT molecular complexity index is 1050. The van der Waals surface area contributed by atoms with Gasteiger partial charge in [0.05, 0.1) is 12.5 Å². The average molecular weight is 423 g/mol. The van der Waals surface area contributed by atoms with Gasteiger partial charge >= 0.3 is 5.97 Å². The number of cyclic esters (lactones) is 1. The fourth-order valence-electron chi connectivity index (χ4n) is 8.29. The summed E-state index contributed by atoms with van der Waals surface area (Å²) in [5.74, 6) is 0.283. The first-order valence-corrected chi connectivity index (χ1v) is 11.4. The Labute approximate surface area is 182 Å². The lowest BCUT2D eigenvalue weighted by molar-refractivity contribution is -0.191. The van der Waals surface area contributed by atoms with Crippen LogP contribution in [0.4, 0.5) is 0 Å². The maximum absolute atomic E-state index is 13.0. The summed E-state index contributed by atoms with van der Waals surface area (Å²) >= 11 is 0. The molecular weight excluding hydrogens is 392 g/mol. The molecule has 1 aromatic rings. The normalized spacial score (nSPS) is 51.3. The summed E-state index contributed by atoms with van der Waals surface area (Å²) in [6, 6.07) is 1.89. The Morgan fingerprint density at radius 1 is 1.03 bits per heavy atom. The highest BCUT2D eigenvalue weighted by Gasteiger charge is 2.85. The second-order valence-corrected chi connectivity index (χ2v) is 11.5. The van der Waals surface area contributed by atoms with Crippen LogP contribution in [0.5, 0.6) is 0 Å². The molecule has 3 aliphatic carbocycles. The van der Waals surface area contributed by atoms with E-state index in [4.69, 9.17) is 13.9 Å². The predicted octanol–water partition coefficient (Wildman–Crippen LogP) is 4.80. The van der Waals surface area contributed by atoms with Gasteiger partial charge in [0.2, 0.25) is 0 Å². The largest absolute Gasteiger partial charge is 0.472 e. The number of carbonyl (C=O) groups excluding carboxylic acids is 2. The molecule has 8 atom stereocenters. The Kier molecular flexibility index (Phi) is 3.42. The third-order valence-electron chi connectivity index (χ3n) is 9.88. The van der Waals surface area contributed by atoms with Gasteiger partial charge in [0.1, 0.15) is 11.7 Å². The van der Waals surface area contributed by atoms with Crippen molar-refractivity contribution in [1.82, 2.24) is 0 Å². The molecule has 5 nitrogen and oxygen atoms in total. The van der Waals surface area contributed by atoms with E-state index in [1.165, 1.54) is 0 Å². The zero-order chi connectivity index (χ0) is 22.0. The van der Waals surface area contributed by atoms with Crippen molar-refractivity contribution >= 4 is 11.8 Å². The minimum absolute atomic E-state index is 0.119. The summed E-state index contributed by atoms with van der Waals surface area (Å²) < 4.78 is 17.7. The molecule has 2 saturated heterocycles. The van der Waals surface area contributed by atoms with Crippen LogP contribution in [0.25, 0.3) is 0 Å². The quantitative estimate of drug-likeness (QED) is 0.370. The average Bonchev–Trinajstić information content (AvgIpc) is 3.28. The van der Waals surface area contributed by atoms with Crippen molar-refractivity contribution in [3.63, 3.8) is 0 Å². The van der Waals surface area contributed by atoms with Crippen molar-refractivity contribution in [1.29, 1.82) is 0 Å². The van der Waals surface area contributed by atoms with Crippen LogP contribution < -0.4 is 0 Å². The van der Waals surface area contributed by atoms with Crippen molar-refractivity contribution in [3.8, 4) is 0 Å². The number of rotatable bonds is 1. The summed E-state index contributed by atoms with van der Waals surface area (Å²) in [5, 5.41) is 0. The van der Waals surface area contributed by atoms with Crippen molar-refractivity contribution in [2.45, 2.75) is 65.3 Å². The van der Waals surface area contributed by atoms with Gasteiger partial charge < -0.3 is 13.9 Å². The molecule has 2 aliphatic heterocycles. The number of ether oxygens (including phenoxy) is 2. The van der Waals surface area contributed by atoms with Gasteiger partial charge in [-0.1, -0.05) is 52.8 Å². The van der Waals surface area contributed by atoms with E-state index in [9.17, 15) is 9.59 Å². The molecule has 5 heteroatoms. The highest BCUT2D eigenvalue weighted by atomic mass is 16.7. The molecular formula is C26H30O5. The number of allylic oxidation sites excluding steroid dienone is 3. The number of fused-ring (bicyclic) bond motifs is 3. The molecule has 3 heterocycles. The lowest BCUT2D eigenvalue weighted by Gasteiger charge is -2.64. The number of ketones is 1. The molecule has 0 N–H and O–H groups in total. The minimum Gasteiger partial charge on any atom is -0.472 e. The Morgan fingerprint density at radius 2 is 1.81 bits per heavy atom. The van der Waals surface area contributed by atoms with Gasteiger partial charge in [-0.2, -0.15) is 0 Å². The van der Waals surface area contributed by atoms with E-state index >= 15 is 0 Å². The first-order chi connectivity index (χ1) is 14.5. The first-order valence-electron chi connectivity index (χ1n) is 11.4. The van der Waals surface area contributed by atoms with Crippen LogP contribution in [-0.4, -0.2) is 23.5 Å². The van der Waals surface area contributed by atoms with Gasteiger partial charge in [0.25, 0.3) is 0 Å². The highest BCUT2D eigenvalue weighted by molar-refractivity contribution is 5.96. The SMILES string of the molecule is CC1(C)C(=O)C=C[C@]2(C)[C@H]1C=C[C@@]1(C)[C@H]2CC[C@@]2(C)[C@@H](c3ccoc3)OC(=O)[C@@H]3O[C@]312. The number of hydrogen-bond acceptors (Lipinski definition) is 5. The van der Waals surface area contributed by atoms with Gasteiger partial charge in [-0.3, -0.25) is 4.79 Å². The topological polar surface area (TPSA) is 69.0 Å². The van der Waals surface area contributed by atoms with E-state index in [0.29, 0.717) is 0 Å². The highest BCUT2D eigenvalue weighted by Crippen LogP contribution is 2.78. The van der Waals surface area contributed by atoms with Gasteiger partial charge in [0.15, 0.2) is 11.9 Å². The second-order valence-electron chi connectivity index (χ2n) is 11.5. The van der Waals surface area contributed by atoms with Crippen LogP contribution >= 0.6 is 0 Å². The summed E-state index contributed by atoms with van der Waals surface area (Å²) in [4.78, 5) is 25.7. The summed E-state index contributed by atoms with van der Waals surface area (Å²) in [5.41, 5.74) is -1.08. The molecule has 1 aromatic heterocycles. The third kappa shape index (κ3) is 1.95. The van der Waals surface area contributed by atoms with Crippen LogP contribution in [0, 0.1) is 33.5 Å². The van der Waals surface area contributed by atoms with Crippen LogP contribution in [0.15, 0.2) is 47.3 Å². The number of hydrogen-bond donors (Lipinski definition) is 0. The molecule has 31 heavy (non-hydrogen) atoms. The van der Waals surface area contributed by atoms with Crippen molar-refractivity contribution < 1.29 is 23.5 Å². The zero-order valence-corrected chi connectivity index (χ0v) is 18.8. The van der Waals surface area contributed by atoms with Crippen LogP contribution in [0.2, 0.25) is 0 Å². The monoisotopic (exact) mass is 422 g/mol. The van der Waals surface area contributed by atoms with Crippen molar-refractivity contribution in [2.24, 2.45) is 33.5 Å². The predicted molar refractivity (Wildman–Crippen MR) is 113 cm³/mol. The Morgan fingerprint density at radius 3 is 2.52 bits per heavy atom. The number of esters is 1. The van der Waals surface area contributed by atoms with Crippen LogP contribution in [-0.2, 0) is 19.1 Å². The molecule has 5 aliphatic rings. The Hall–Kier alpha value is -2.14. The van der Waals surface area contributed by atoms with Gasteiger partial charge in [-0.05, 0) is 42.2 Å². The molecule has 6 rings (SSSR count). The van der Waals surface area contributed by atoms with E-state index in [1.54, 1.807) is 18.6 Å². The lowest BCUT2D eigenvalue weighted by atomic mass is 9.38. The first kappa shape index (κ1) is 19.5. The van der Waals surface area contributed by atoms with E-state index in [0.717, 1.165) is 18.4 Å².